The summed E-state index contributed by atoms with van der Waals surface area (Å²) in [6.45, 7) is 4.77. The van der Waals surface area contributed by atoms with E-state index >= 15 is 0 Å². The van der Waals surface area contributed by atoms with Crippen molar-refractivity contribution < 1.29 is 18.0 Å². The zero-order valence-corrected chi connectivity index (χ0v) is 25.2. The Kier molecular flexibility index (Phi) is 9.86. The van der Waals surface area contributed by atoms with E-state index in [0.29, 0.717) is 18.2 Å². The second kappa shape index (κ2) is 14.1. The van der Waals surface area contributed by atoms with E-state index in [0.717, 1.165) is 30.5 Å². The molecule has 0 unspecified atom stereocenters. The minimum Gasteiger partial charge on any atom is -0.381 e. The summed E-state index contributed by atoms with van der Waals surface area (Å²) in [5.74, 6) is -0.443. The molecule has 0 spiro atoms. The van der Waals surface area contributed by atoms with Gasteiger partial charge in [-0.3, -0.25) is 4.79 Å². The van der Waals surface area contributed by atoms with Crippen LogP contribution in [0.15, 0.2) is 91.3 Å². The zero-order valence-electron chi connectivity index (χ0n) is 25.2. The number of carbonyl (C=O) groups is 1. The van der Waals surface area contributed by atoms with Crippen LogP contribution in [0, 0.1) is 0 Å². The fourth-order valence-electron chi connectivity index (χ4n) is 5.36. The molecule has 0 bridgehead atoms. The van der Waals surface area contributed by atoms with Gasteiger partial charge in [0.15, 0.2) is 0 Å². The maximum absolute atomic E-state index is 13.8. The monoisotopic (exact) mass is 615 g/mol. The predicted molar refractivity (Wildman–Crippen MR) is 172 cm³/mol. The van der Waals surface area contributed by atoms with Gasteiger partial charge < -0.3 is 26.2 Å². The molecule has 5 rings (SSSR count). The highest BCUT2D eigenvalue weighted by Gasteiger charge is 2.35. The zero-order chi connectivity index (χ0) is 31.8. The van der Waals surface area contributed by atoms with Crippen molar-refractivity contribution in [1.82, 2.24) is 20.2 Å². The molecule has 0 radical (unpaired) electrons. The molecule has 1 atom stereocenters. The van der Waals surface area contributed by atoms with Crippen LogP contribution in [0.3, 0.4) is 0 Å². The average Bonchev–Trinajstić information content (AvgIpc) is 3.04. The van der Waals surface area contributed by atoms with E-state index in [1.54, 1.807) is 12.1 Å². The maximum Gasteiger partial charge on any atom is 0.421 e. The lowest BCUT2D eigenvalue weighted by Gasteiger charge is -2.32. The highest BCUT2D eigenvalue weighted by Crippen LogP contribution is 2.36. The topological polar surface area (TPSA) is 94.2 Å². The highest BCUT2D eigenvalue weighted by atomic mass is 19.4. The first-order valence-corrected chi connectivity index (χ1v) is 14.8. The summed E-state index contributed by atoms with van der Waals surface area (Å²) >= 11 is 0. The number of piperidine rings is 1. The second-order valence-corrected chi connectivity index (χ2v) is 10.8. The molecule has 45 heavy (non-hydrogen) atoms. The number of anilines is 5. The third-order valence-electron chi connectivity index (χ3n) is 7.62. The Bertz CT molecular complexity index is 1640. The highest BCUT2D eigenvalue weighted by molar-refractivity contribution is 6.00. The van der Waals surface area contributed by atoms with Crippen molar-refractivity contribution in [1.29, 1.82) is 0 Å². The first kappa shape index (κ1) is 31.4. The van der Waals surface area contributed by atoms with Gasteiger partial charge in [0.25, 0.3) is 5.91 Å². The van der Waals surface area contributed by atoms with Crippen molar-refractivity contribution >= 4 is 34.7 Å². The smallest absolute Gasteiger partial charge is 0.381 e. The average molecular weight is 616 g/mol. The maximum atomic E-state index is 13.8. The SMILES string of the molecule is CC=CN1CCC[C@@H](c2cccc(NCc3ccc(Nc4ncc(C(F)(F)F)c(Nc5ccccc5C(=O)NC)n4)cc3)c2)C1. The molecule has 1 aromatic heterocycles. The van der Waals surface area contributed by atoms with Crippen molar-refractivity contribution in [3.63, 3.8) is 0 Å². The predicted octanol–water partition coefficient (Wildman–Crippen LogP) is 7.67. The quantitative estimate of drug-likeness (QED) is 0.146. The normalized spacial score (nSPS) is 15.1. The van der Waals surface area contributed by atoms with E-state index < -0.39 is 23.5 Å². The fraction of sp³-hybridized carbons (Fsp3) is 0.265. The van der Waals surface area contributed by atoms with E-state index in [4.69, 9.17) is 0 Å². The van der Waals surface area contributed by atoms with Crippen LogP contribution in [0.2, 0.25) is 0 Å². The Hall–Kier alpha value is -5.06. The summed E-state index contributed by atoms with van der Waals surface area (Å²) in [7, 11) is 1.45. The van der Waals surface area contributed by atoms with Gasteiger partial charge in [-0.25, -0.2) is 4.98 Å². The Labute approximate surface area is 260 Å². The van der Waals surface area contributed by atoms with E-state index in [1.165, 1.54) is 37.6 Å². The number of benzene rings is 3. The number of alkyl halides is 3. The van der Waals surface area contributed by atoms with E-state index in [-0.39, 0.29) is 17.2 Å². The van der Waals surface area contributed by atoms with Gasteiger partial charge in [0.2, 0.25) is 5.95 Å². The van der Waals surface area contributed by atoms with Crippen LogP contribution in [0.4, 0.5) is 42.0 Å². The van der Waals surface area contributed by atoms with Gasteiger partial charge in [-0.15, -0.1) is 0 Å². The molecule has 0 aliphatic carbocycles. The molecule has 0 saturated carbocycles. The molecule has 3 aromatic carbocycles. The van der Waals surface area contributed by atoms with Crippen LogP contribution < -0.4 is 21.3 Å². The van der Waals surface area contributed by atoms with Crippen LogP contribution in [0.5, 0.6) is 0 Å². The van der Waals surface area contributed by atoms with Crippen molar-refractivity contribution in [2.24, 2.45) is 0 Å². The molecule has 11 heteroatoms. The van der Waals surface area contributed by atoms with Crippen molar-refractivity contribution in [3.8, 4) is 0 Å². The standard InChI is InChI=1S/C34H36F3N7O/c1-3-17-44-18-7-9-25(22-44)24-8-6-10-27(19-24)39-20-23-13-15-26(16-14-23)41-33-40-21-29(34(35,36)37)31(43-33)42-30-12-5-4-11-28(30)32(45)38-2/h3-6,8,10-17,19,21,25,39H,7,9,18,20,22H2,1-2H3,(H,38,45)(H2,40,41,42,43)/t25-/m1/s1. The Balaban J connectivity index is 1.25. The minimum atomic E-state index is -4.71. The Morgan fingerprint density at radius 3 is 2.58 bits per heavy atom. The number of nitrogens with zero attached hydrogens (tertiary/aromatic N) is 3. The number of likely N-dealkylation sites (tertiary alicyclic amines) is 1. The molecule has 234 valence electrons. The summed E-state index contributed by atoms with van der Waals surface area (Å²) in [5.41, 5.74) is 3.34. The van der Waals surface area contributed by atoms with Gasteiger partial charge in [0.1, 0.15) is 11.4 Å². The molecule has 1 aliphatic rings. The number of carbonyl (C=O) groups excluding carboxylic acids is 1. The summed E-state index contributed by atoms with van der Waals surface area (Å²) in [5, 5.41) is 11.6. The molecule has 1 amide bonds. The van der Waals surface area contributed by atoms with Gasteiger partial charge in [-0.1, -0.05) is 42.5 Å². The summed E-state index contributed by atoms with van der Waals surface area (Å²) < 4.78 is 41.4. The second-order valence-electron chi connectivity index (χ2n) is 10.8. The summed E-state index contributed by atoms with van der Waals surface area (Å²) in [6, 6.07) is 22.3. The molecule has 1 fully saturated rings. The molecule has 1 aliphatic heterocycles. The van der Waals surface area contributed by atoms with Crippen molar-refractivity contribution in [2.45, 2.75) is 38.4 Å². The number of hydrogen-bond donors (Lipinski definition) is 4. The van der Waals surface area contributed by atoms with Crippen molar-refractivity contribution in [3.05, 3.63) is 114 Å². The fourth-order valence-corrected chi connectivity index (χ4v) is 5.36. The van der Waals surface area contributed by atoms with Crippen LogP contribution in [0.25, 0.3) is 0 Å². The number of halogens is 3. The Morgan fingerprint density at radius 1 is 1.02 bits per heavy atom. The van der Waals surface area contributed by atoms with Crippen LogP contribution in [-0.2, 0) is 12.7 Å². The Morgan fingerprint density at radius 2 is 1.82 bits per heavy atom. The van der Waals surface area contributed by atoms with Crippen LogP contribution in [-0.4, -0.2) is 40.9 Å². The van der Waals surface area contributed by atoms with E-state index in [9.17, 15) is 18.0 Å². The lowest BCUT2D eigenvalue weighted by molar-refractivity contribution is -0.137. The van der Waals surface area contributed by atoms with Gasteiger partial charge >= 0.3 is 6.18 Å². The lowest BCUT2D eigenvalue weighted by Crippen LogP contribution is -2.30. The third-order valence-corrected chi connectivity index (χ3v) is 7.62. The molecular weight excluding hydrogens is 579 g/mol. The number of hydrogen-bond acceptors (Lipinski definition) is 7. The first-order chi connectivity index (χ1) is 21.7. The number of rotatable bonds is 10. The molecule has 4 aromatic rings. The van der Waals surface area contributed by atoms with Gasteiger partial charge in [-0.05, 0) is 73.5 Å². The van der Waals surface area contributed by atoms with Crippen LogP contribution in [0.1, 0.15) is 52.7 Å². The van der Waals surface area contributed by atoms with Gasteiger partial charge in [0, 0.05) is 50.2 Å². The van der Waals surface area contributed by atoms with E-state index in [1.807, 2.05) is 31.2 Å². The molecular formula is C34H36F3N7O. The molecule has 2 heterocycles. The summed E-state index contributed by atoms with van der Waals surface area (Å²) in [6.07, 6.45) is 2.62. The minimum absolute atomic E-state index is 0.0266. The van der Waals surface area contributed by atoms with Gasteiger partial charge in [0.05, 0.1) is 11.3 Å². The molecule has 4 N–H and O–H groups in total. The third kappa shape index (κ3) is 8.11. The number of allylic oxidation sites excluding steroid dienone is 1. The number of para-hydroxylation sites is 1. The van der Waals surface area contributed by atoms with Crippen LogP contribution >= 0.6 is 0 Å². The van der Waals surface area contributed by atoms with Gasteiger partial charge in [-0.2, -0.15) is 18.2 Å². The number of amides is 1. The van der Waals surface area contributed by atoms with Crippen molar-refractivity contribution in [2.75, 3.05) is 36.1 Å². The summed E-state index contributed by atoms with van der Waals surface area (Å²) in [4.78, 5) is 22.6. The molecule has 1 saturated heterocycles. The largest absolute Gasteiger partial charge is 0.421 e. The number of aromatic nitrogens is 2. The lowest BCUT2D eigenvalue weighted by atomic mass is 9.90. The van der Waals surface area contributed by atoms with E-state index in [2.05, 4.69) is 72.7 Å². The molecule has 8 nitrogen and oxygen atoms in total. The number of nitrogens with one attached hydrogen (secondary N) is 4. The first-order valence-electron chi connectivity index (χ1n) is 14.8.